The lowest BCUT2D eigenvalue weighted by molar-refractivity contribution is -0.124. The van der Waals surface area contributed by atoms with Crippen LogP contribution in [0.4, 0.5) is 5.69 Å². The van der Waals surface area contributed by atoms with Crippen molar-refractivity contribution >= 4 is 44.6 Å². The molecule has 1 saturated heterocycles. The van der Waals surface area contributed by atoms with Gasteiger partial charge in [0.2, 0.25) is 10.0 Å². The number of ether oxygens (including phenoxy) is 1. The minimum absolute atomic E-state index is 0.0255. The van der Waals surface area contributed by atoms with Crippen LogP contribution in [0.1, 0.15) is 37.7 Å². The molecule has 2 fully saturated rings. The summed E-state index contributed by atoms with van der Waals surface area (Å²) in [5.41, 5.74) is 1.39. The summed E-state index contributed by atoms with van der Waals surface area (Å²) in [4.78, 5) is 20.5. The Balaban J connectivity index is 1.71. The lowest BCUT2D eigenvalue weighted by atomic mass is 9.94. The number of benzene rings is 2. The van der Waals surface area contributed by atoms with Gasteiger partial charge >= 0.3 is 0 Å². The maximum absolute atomic E-state index is 13.4. The van der Waals surface area contributed by atoms with Gasteiger partial charge in [-0.25, -0.2) is 18.5 Å². The number of nitrogens with zero attached hydrogens (tertiary/aromatic N) is 2. The van der Waals surface area contributed by atoms with Crippen LogP contribution in [0.3, 0.4) is 0 Å². The molecule has 2 N–H and O–H groups in total. The summed E-state index contributed by atoms with van der Waals surface area (Å²) in [7, 11) is -2.17. The van der Waals surface area contributed by atoms with E-state index in [1.165, 1.54) is 30.3 Å². The summed E-state index contributed by atoms with van der Waals surface area (Å²) in [6.07, 6.45) is 7.07. The number of primary sulfonamides is 1. The van der Waals surface area contributed by atoms with Crippen LogP contribution >= 0.6 is 11.8 Å². The standard InChI is InChI=1S/C23H25N3O4S2/c1-30-20-10-6-5-7-16(20)15-21-22(27)26(18-8-3-2-4-9-18)23(31-21)25-17-11-13-19(14-12-17)32(24,28)29/h5-7,10-15,18H,2-4,8-9H2,1H3,(H2,24,28,29). The van der Waals surface area contributed by atoms with E-state index in [0.29, 0.717) is 21.5 Å². The molecule has 32 heavy (non-hydrogen) atoms. The molecule has 1 aliphatic heterocycles. The van der Waals surface area contributed by atoms with Gasteiger partial charge in [0, 0.05) is 11.6 Å². The second-order valence-electron chi connectivity index (χ2n) is 7.75. The van der Waals surface area contributed by atoms with E-state index in [9.17, 15) is 13.2 Å². The fourth-order valence-corrected chi connectivity index (χ4v) is 5.54. The molecule has 9 heteroatoms. The number of para-hydroxylation sites is 1. The molecule has 2 aromatic rings. The Hall–Kier alpha value is -2.62. The summed E-state index contributed by atoms with van der Waals surface area (Å²) in [5, 5.41) is 5.79. The predicted molar refractivity (Wildman–Crippen MR) is 127 cm³/mol. The maximum Gasteiger partial charge on any atom is 0.267 e. The van der Waals surface area contributed by atoms with E-state index in [2.05, 4.69) is 0 Å². The Bertz CT molecular complexity index is 1170. The lowest BCUT2D eigenvalue weighted by Gasteiger charge is -2.30. The predicted octanol–water partition coefficient (Wildman–Crippen LogP) is 4.28. The number of sulfonamides is 1. The van der Waals surface area contributed by atoms with Gasteiger partial charge in [0.05, 0.1) is 22.6 Å². The van der Waals surface area contributed by atoms with E-state index in [-0.39, 0.29) is 16.8 Å². The monoisotopic (exact) mass is 471 g/mol. The summed E-state index contributed by atoms with van der Waals surface area (Å²) in [6.45, 7) is 0. The normalized spacial score (nSPS) is 20.3. The molecular weight excluding hydrogens is 446 g/mol. The highest BCUT2D eigenvalue weighted by molar-refractivity contribution is 8.18. The number of nitrogens with two attached hydrogens (primary N) is 1. The zero-order chi connectivity index (χ0) is 22.7. The first-order valence-corrected chi connectivity index (χ1v) is 12.8. The number of hydrogen-bond donors (Lipinski definition) is 1. The first-order chi connectivity index (χ1) is 15.4. The molecule has 1 heterocycles. The van der Waals surface area contributed by atoms with Crippen LogP contribution in [0.2, 0.25) is 0 Å². The van der Waals surface area contributed by atoms with Gasteiger partial charge in [0.15, 0.2) is 5.17 Å². The average Bonchev–Trinajstić information content (AvgIpc) is 3.09. The van der Waals surface area contributed by atoms with E-state index in [4.69, 9.17) is 14.9 Å². The first-order valence-electron chi connectivity index (χ1n) is 10.4. The molecule has 1 saturated carbocycles. The van der Waals surface area contributed by atoms with Crippen molar-refractivity contribution in [2.75, 3.05) is 7.11 Å². The van der Waals surface area contributed by atoms with E-state index < -0.39 is 10.0 Å². The smallest absolute Gasteiger partial charge is 0.267 e. The highest BCUT2D eigenvalue weighted by Crippen LogP contribution is 2.39. The fraction of sp³-hybridized carbons (Fsp3) is 0.304. The van der Waals surface area contributed by atoms with Crippen LogP contribution in [-0.2, 0) is 14.8 Å². The molecule has 7 nitrogen and oxygen atoms in total. The Labute approximate surface area is 192 Å². The van der Waals surface area contributed by atoms with E-state index in [1.807, 2.05) is 30.3 Å². The second-order valence-corrected chi connectivity index (χ2v) is 10.3. The largest absolute Gasteiger partial charge is 0.496 e. The van der Waals surface area contributed by atoms with Gasteiger partial charge in [-0.15, -0.1) is 0 Å². The van der Waals surface area contributed by atoms with Gasteiger partial charge < -0.3 is 4.74 Å². The molecule has 2 aliphatic rings. The van der Waals surface area contributed by atoms with Gasteiger partial charge in [-0.1, -0.05) is 37.5 Å². The molecule has 0 spiro atoms. The molecule has 168 valence electrons. The average molecular weight is 472 g/mol. The van der Waals surface area contributed by atoms with Crippen molar-refractivity contribution in [2.45, 2.75) is 43.0 Å². The second kappa shape index (κ2) is 9.48. The number of amides is 1. The minimum atomic E-state index is -3.77. The summed E-state index contributed by atoms with van der Waals surface area (Å²) in [6, 6.07) is 13.7. The zero-order valence-electron chi connectivity index (χ0n) is 17.7. The molecule has 0 bridgehead atoms. The van der Waals surface area contributed by atoms with Crippen molar-refractivity contribution in [3.63, 3.8) is 0 Å². The highest BCUT2D eigenvalue weighted by Gasteiger charge is 2.38. The van der Waals surface area contributed by atoms with E-state index in [1.54, 1.807) is 24.1 Å². The maximum atomic E-state index is 13.4. The van der Waals surface area contributed by atoms with Crippen molar-refractivity contribution in [1.29, 1.82) is 0 Å². The summed E-state index contributed by atoms with van der Waals surface area (Å²) in [5.74, 6) is 0.634. The van der Waals surface area contributed by atoms with Gasteiger partial charge in [-0.2, -0.15) is 0 Å². The summed E-state index contributed by atoms with van der Waals surface area (Å²) >= 11 is 1.33. The topological polar surface area (TPSA) is 102 Å². The van der Waals surface area contributed by atoms with Crippen LogP contribution in [0, 0.1) is 0 Å². The molecule has 0 atom stereocenters. The van der Waals surface area contributed by atoms with E-state index in [0.717, 1.165) is 31.2 Å². The lowest BCUT2D eigenvalue weighted by Crippen LogP contribution is -2.40. The number of aliphatic imine (C=N–C) groups is 1. The Morgan fingerprint density at radius 1 is 1.09 bits per heavy atom. The molecule has 2 aromatic carbocycles. The Kier molecular flexibility index (Phi) is 6.68. The van der Waals surface area contributed by atoms with Crippen LogP contribution in [-0.4, -0.2) is 37.5 Å². The molecular formula is C23H25N3O4S2. The molecule has 4 rings (SSSR count). The Morgan fingerprint density at radius 2 is 1.78 bits per heavy atom. The highest BCUT2D eigenvalue weighted by atomic mass is 32.2. The van der Waals surface area contributed by atoms with Crippen molar-refractivity contribution in [3.05, 3.63) is 59.0 Å². The van der Waals surface area contributed by atoms with Crippen molar-refractivity contribution in [1.82, 2.24) is 4.90 Å². The third-order valence-corrected chi connectivity index (χ3v) is 7.50. The van der Waals surface area contributed by atoms with Crippen molar-refractivity contribution < 1.29 is 17.9 Å². The number of methoxy groups -OCH3 is 1. The molecule has 1 aliphatic carbocycles. The summed E-state index contributed by atoms with van der Waals surface area (Å²) < 4.78 is 28.5. The molecule has 0 unspecified atom stereocenters. The molecule has 0 radical (unpaired) electrons. The van der Waals surface area contributed by atoms with Crippen LogP contribution < -0.4 is 9.88 Å². The van der Waals surface area contributed by atoms with Crippen molar-refractivity contribution in [3.8, 4) is 5.75 Å². The number of hydrogen-bond acceptors (Lipinski definition) is 6. The van der Waals surface area contributed by atoms with Gasteiger partial charge in [-0.3, -0.25) is 9.69 Å². The zero-order valence-corrected chi connectivity index (χ0v) is 19.4. The van der Waals surface area contributed by atoms with Crippen LogP contribution in [0.15, 0.2) is 63.3 Å². The Morgan fingerprint density at radius 3 is 2.44 bits per heavy atom. The number of rotatable bonds is 5. The van der Waals surface area contributed by atoms with Gasteiger partial charge in [0.25, 0.3) is 5.91 Å². The van der Waals surface area contributed by atoms with Gasteiger partial charge in [0.1, 0.15) is 5.75 Å². The minimum Gasteiger partial charge on any atom is -0.496 e. The number of carbonyl (C=O) groups excluding carboxylic acids is 1. The number of carbonyl (C=O) groups is 1. The van der Waals surface area contributed by atoms with Crippen LogP contribution in [0.25, 0.3) is 6.08 Å². The SMILES string of the molecule is COc1ccccc1C=C1SC(=Nc2ccc(S(N)(=O)=O)cc2)N(C2CCCCC2)C1=O. The van der Waals surface area contributed by atoms with E-state index >= 15 is 0 Å². The number of amidine groups is 1. The third kappa shape index (κ3) is 4.90. The number of thioether (sulfide) groups is 1. The third-order valence-electron chi connectivity index (χ3n) is 5.59. The van der Waals surface area contributed by atoms with Gasteiger partial charge in [-0.05, 0) is 61.0 Å². The first kappa shape index (κ1) is 22.6. The molecule has 0 aromatic heterocycles. The fourth-order valence-electron chi connectivity index (χ4n) is 3.97. The molecule has 1 amide bonds. The van der Waals surface area contributed by atoms with Crippen molar-refractivity contribution in [2.24, 2.45) is 10.1 Å². The van der Waals surface area contributed by atoms with Crippen LogP contribution in [0.5, 0.6) is 5.75 Å². The quantitative estimate of drug-likeness (QED) is 0.656.